The van der Waals surface area contributed by atoms with Crippen LogP contribution in [0.4, 0.5) is 0 Å². The van der Waals surface area contributed by atoms with Gasteiger partial charge in [0.05, 0.1) is 17.9 Å². The average molecular weight is 556 g/mol. The Bertz CT molecular complexity index is 1310. The Morgan fingerprint density at radius 3 is 2.31 bits per heavy atom. The zero-order valence-electron chi connectivity index (χ0n) is 20.0. The van der Waals surface area contributed by atoms with Gasteiger partial charge in [0.1, 0.15) is 10.6 Å². The van der Waals surface area contributed by atoms with E-state index < -0.39 is 26.0 Å². The highest BCUT2D eigenvalue weighted by Gasteiger charge is 2.35. The third-order valence-corrected chi connectivity index (χ3v) is 10.6. The third kappa shape index (κ3) is 5.70. The molecule has 2 saturated heterocycles. The summed E-state index contributed by atoms with van der Waals surface area (Å²) in [6.45, 7) is 1.65. The highest BCUT2D eigenvalue weighted by molar-refractivity contribution is 7.89. The summed E-state index contributed by atoms with van der Waals surface area (Å²) in [6, 6.07) is 10.9. The zero-order chi connectivity index (χ0) is 25.9. The second-order valence-corrected chi connectivity index (χ2v) is 13.3. The van der Waals surface area contributed by atoms with Crippen LogP contribution in [0.2, 0.25) is 5.02 Å². The van der Waals surface area contributed by atoms with Crippen LogP contribution >= 0.6 is 11.6 Å². The van der Waals surface area contributed by atoms with E-state index in [9.17, 15) is 21.6 Å². The van der Waals surface area contributed by atoms with E-state index >= 15 is 0 Å². The summed E-state index contributed by atoms with van der Waals surface area (Å²) in [6.07, 6.45) is 2.85. The van der Waals surface area contributed by atoms with Gasteiger partial charge >= 0.3 is 0 Å². The van der Waals surface area contributed by atoms with E-state index in [-0.39, 0.29) is 39.6 Å². The maximum absolute atomic E-state index is 13.3. The van der Waals surface area contributed by atoms with Crippen molar-refractivity contribution in [1.82, 2.24) is 13.9 Å². The molecule has 0 aromatic heterocycles. The topological polar surface area (TPSA) is 113 Å². The Morgan fingerprint density at radius 2 is 1.64 bits per heavy atom. The minimum absolute atomic E-state index is 0.0254. The molecule has 0 bridgehead atoms. The summed E-state index contributed by atoms with van der Waals surface area (Å²) >= 11 is 6.03. The first-order chi connectivity index (χ1) is 17.1. The van der Waals surface area contributed by atoms with E-state index in [0.717, 1.165) is 18.4 Å². The lowest BCUT2D eigenvalue weighted by Crippen LogP contribution is -2.45. The quantitative estimate of drug-likeness (QED) is 0.536. The fraction of sp³-hybridized carbons (Fsp3) is 0.458. The van der Waals surface area contributed by atoms with E-state index in [1.165, 1.54) is 27.9 Å². The van der Waals surface area contributed by atoms with Gasteiger partial charge in [0, 0.05) is 37.7 Å². The molecule has 9 nitrogen and oxygen atoms in total. The molecule has 0 spiro atoms. The number of sulfonamides is 2. The number of piperidine rings is 1. The van der Waals surface area contributed by atoms with Crippen LogP contribution in [0.15, 0.2) is 52.3 Å². The molecule has 2 aromatic rings. The van der Waals surface area contributed by atoms with Crippen LogP contribution in [-0.4, -0.2) is 64.6 Å². The average Bonchev–Trinajstić information content (AvgIpc) is 3.44. The van der Waals surface area contributed by atoms with Gasteiger partial charge in [-0.1, -0.05) is 23.7 Å². The van der Waals surface area contributed by atoms with Gasteiger partial charge in [0.2, 0.25) is 26.0 Å². The molecule has 36 heavy (non-hydrogen) atoms. The molecule has 0 unspecified atom stereocenters. The molecule has 2 aliphatic heterocycles. The molecule has 1 atom stereocenters. The summed E-state index contributed by atoms with van der Waals surface area (Å²) in [4.78, 5) is 13.1. The first-order valence-electron chi connectivity index (χ1n) is 11.8. The number of benzene rings is 2. The molecule has 196 valence electrons. The maximum atomic E-state index is 13.3. The molecule has 2 heterocycles. The Labute approximate surface area is 217 Å². The van der Waals surface area contributed by atoms with Crippen LogP contribution in [0, 0.1) is 5.92 Å². The maximum Gasteiger partial charge on any atom is 0.246 e. The van der Waals surface area contributed by atoms with Crippen molar-refractivity contribution in [2.75, 3.05) is 33.3 Å². The standard InChI is InChI=1S/C24H30ClN3O6S2/c1-34-22-11-8-20(25)15-23(22)36(32,33)28-14-4-5-19(17-28)24(29)26-16-18-6-9-21(10-7-18)35(30,31)27-12-2-3-13-27/h6-11,15,19H,2-5,12-14,16-17H2,1H3,(H,26,29)/t19-/m1/s1. The van der Waals surface area contributed by atoms with Gasteiger partial charge in [0.15, 0.2) is 0 Å². The second kappa shape index (κ2) is 11.1. The van der Waals surface area contributed by atoms with Crippen LogP contribution in [-0.2, 0) is 31.4 Å². The SMILES string of the molecule is COc1ccc(Cl)cc1S(=O)(=O)N1CCC[C@@H](C(=O)NCc2ccc(S(=O)(=O)N3CCCC3)cc2)C1. The number of hydrogen-bond donors (Lipinski definition) is 1. The lowest BCUT2D eigenvalue weighted by Gasteiger charge is -2.31. The van der Waals surface area contributed by atoms with Crippen molar-refractivity contribution < 1.29 is 26.4 Å². The van der Waals surface area contributed by atoms with Gasteiger partial charge in [-0.3, -0.25) is 4.79 Å². The summed E-state index contributed by atoms with van der Waals surface area (Å²) in [5.41, 5.74) is 0.757. The molecular formula is C24H30ClN3O6S2. The summed E-state index contributed by atoms with van der Waals surface area (Å²) in [5, 5.41) is 3.14. The van der Waals surface area contributed by atoms with Crippen molar-refractivity contribution in [3.63, 3.8) is 0 Å². The summed E-state index contributed by atoms with van der Waals surface area (Å²) in [7, 11) is -6.00. The smallest absolute Gasteiger partial charge is 0.246 e. The number of methoxy groups -OCH3 is 1. The number of ether oxygens (including phenoxy) is 1. The van der Waals surface area contributed by atoms with Gasteiger partial charge in [0.25, 0.3) is 0 Å². The fourth-order valence-corrected chi connectivity index (χ4v) is 8.02. The molecule has 4 rings (SSSR count). The molecule has 12 heteroatoms. The lowest BCUT2D eigenvalue weighted by atomic mass is 9.99. The minimum atomic E-state index is -3.90. The number of rotatable bonds is 8. The monoisotopic (exact) mass is 555 g/mol. The number of amides is 1. The Balaban J connectivity index is 1.38. The fourth-order valence-electron chi connectivity index (χ4n) is 4.56. The van der Waals surface area contributed by atoms with Crippen molar-refractivity contribution >= 4 is 37.6 Å². The molecule has 0 aliphatic carbocycles. The van der Waals surface area contributed by atoms with Gasteiger partial charge < -0.3 is 10.1 Å². The lowest BCUT2D eigenvalue weighted by molar-refractivity contribution is -0.126. The number of nitrogens with zero attached hydrogens (tertiary/aromatic N) is 2. The molecule has 1 amide bonds. The molecular weight excluding hydrogens is 526 g/mol. The van der Waals surface area contributed by atoms with E-state index in [2.05, 4.69) is 5.32 Å². The van der Waals surface area contributed by atoms with E-state index in [1.807, 2.05) is 0 Å². The van der Waals surface area contributed by atoms with Crippen molar-refractivity contribution in [1.29, 1.82) is 0 Å². The van der Waals surface area contributed by atoms with E-state index in [0.29, 0.717) is 32.5 Å². The normalized spacial score (nSPS) is 19.8. The van der Waals surface area contributed by atoms with E-state index in [4.69, 9.17) is 16.3 Å². The molecule has 2 aromatic carbocycles. The molecule has 1 N–H and O–H groups in total. The first-order valence-corrected chi connectivity index (χ1v) is 15.1. The van der Waals surface area contributed by atoms with Gasteiger partial charge in [-0.15, -0.1) is 0 Å². The highest BCUT2D eigenvalue weighted by Crippen LogP contribution is 2.32. The van der Waals surface area contributed by atoms with Crippen LogP contribution < -0.4 is 10.1 Å². The minimum Gasteiger partial charge on any atom is -0.495 e. The first kappa shape index (κ1) is 26.9. The van der Waals surface area contributed by atoms with Crippen molar-refractivity contribution in [3.8, 4) is 5.75 Å². The summed E-state index contributed by atoms with van der Waals surface area (Å²) in [5.74, 6) is -0.559. The van der Waals surface area contributed by atoms with Crippen LogP contribution in [0.25, 0.3) is 0 Å². The third-order valence-electron chi connectivity index (χ3n) is 6.59. The molecule has 0 saturated carbocycles. The number of nitrogens with one attached hydrogen (secondary N) is 1. The number of carbonyl (C=O) groups is 1. The van der Waals surface area contributed by atoms with Crippen molar-refractivity contribution in [2.45, 2.75) is 42.0 Å². The number of carbonyl (C=O) groups excluding carboxylic acids is 1. The van der Waals surface area contributed by atoms with Crippen molar-refractivity contribution in [3.05, 3.63) is 53.1 Å². The predicted octanol–water partition coefficient (Wildman–Crippen LogP) is 2.85. The van der Waals surface area contributed by atoms with Crippen LogP contribution in [0.5, 0.6) is 5.75 Å². The predicted molar refractivity (Wildman–Crippen MR) is 136 cm³/mol. The van der Waals surface area contributed by atoms with Gasteiger partial charge in [-0.25, -0.2) is 16.8 Å². The summed E-state index contributed by atoms with van der Waals surface area (Å²) < 4.78 is 59.9. The van der Waals surface area contributed by atoms with Crippen LogP contribution in [0.3, 0.4) is 0 Å². The molecule has 0 radical (unpaired) electrons. The van der Waals surface area contributed by atoms with Gasteiger partial charge in [-0.05, 0) is 61.6 Å². The second-order valence-electron chi connectivity index (χ2n) is 8.97. The number of halogens is 1. The Morgan fingerprint density at radius 1 is 0.972 bits per heavy atom. The van der Waals surface area contributed by atoms with E-state index in [1.54, 1.807) is 30.3 Å². The molecule has 2 aliphatic rings. The largest absolute Gasteiger partial charge is 0.495 e. The van der Waals surface area contributed by atoms with Crippen molar-refractivity contribution in [2.24, 2.45) is 5.92 Å². The Kier molecular flexibility index (Phi) is 8.25. The zero-order valence-corrected chi connectivity index (χ0v) is 22.4. The van der Waals surface area contributed by atoms with Crippen LogP contribution in [0.1, 0.15) is 31.2 Å². The van der Waals surface area contributed by atoms with Gasteiger partial charge in [-0.2, -0.15) is 8.61 Å². The number of hydrogen-bond acceptors (Lipinski definition) is 6. The molecule has 2 fully saturated rings. The highest BCUT2D eigenvalue weighted by atomic mass is 35.5. The Hall–Kier alpha value is -2.18.